The molecule has 0 saturated heterocycles. The van der Waals surface area contributed by atoms with Crippen LogP contribution < -0.4 is 11.5 Å². The van der Waals surface area contributed by atoms with Crippen molar-refractivity contribution >= 4 is 27.3 Å². The van der Waals surface area contributed by atoms with Gasteiger partial charge in [-0.15, -0.1) is 0 Å². The minimum Gasteiger partial charge on any atom is -0.397 e. The fraction of sp³-hybridized carbons (Fsp3) is 0.333. The Morgan fingerprint density at radius 3 is 2.33 bits per heavy atom. The van der Waals surface area contributed by atoms with Crippen LogP contribution in [0.4, 0.5) is 11.4 Å². The Bertz CT molecular complexity index is 319. The quantitative estimate of drug-likeness (QED) is 0.724. The monoisotopic (exact) mass is 226 g/mol. The van der Waals surface area contributed by atoms with Crippen LogP contribution in [0.15, 0.2) is 16.6 Å². The van der Waals surface area contributed by atoms with Crippen LogP contribution in [-0.4, -0.2) is 0 Å². The number of nitrogens with two attached hydrogens (primary N) is 2. The number of anilines is 2. The summed E-state index contributed by atoms with van der Waals surface area (Å²) in [6, 6.07) is 3.88. The molecule has 0 amide bonds. The third-order valence-electron chi connectivity index (χ3n) is 2.22. The van der Waals surface area contributed by atoms with Gasteiger partial charge in [-0.1, -0.05) is 15.9 Å². The number of nitrogen functional groups attached to an aromatic ring is 2. The van der Waals surface area contributed by atoms with E-state index in [4.69, 9.17) is 11.5 Å². The van der Waals surface area contributed by atoms with Crippen LogP contribution in [0.5, 0.6) is 0 Å². The van der Waals surface area contributed by atoms with Crippen LogP contribution in [0.3, 0.4) is 0 Å². The summed E-state index contributed by atoms with van der Waals surface area (Å²) in [6.07, 6.45) is 2.56. The van der Waals surface area contributed by atoms with Crippen molar-refractivity contribution in [2.24, 2.45) is 0 Å². The second-order valence-corrected chi connectivity index (χ2v) is 4.13. The molecule has 0 unspecified atom stereocenters. The standard InChI is InChI=1S/C9H11BrN2/c10-7-4-9(12)8(11)3-6(7)5-1-2-5/h3-5H,1-2,11-12H2. The molecule has 64 valence electrons. The molecule has 1 aliphatic rings. The van der Waals surface area contributed by atoms with Crippen molar-refractivity contribution in [3.05, 3.63) is 22.2 Å². The first kappa shape index (κ1) is 7.92. The third-order valence-corrected chi connectivity index (χ3v) is 2.91. The van der Waals surface area contributed by atoms with Gasteiger partial charge in [-0.05, 0) is 36.5 Å². The average Bonchev–Trinajstić information content (AvgIpc) is 2.79. The largest absolute Gasteiger partial charge is 0.397 e. The zero-order chi connectivity index (χ0) is 8.72. The van der Waals surface area contributed by atoms with Gasteiger partial charge in [0.15, 0.2) is 0 Å². The molecule has 1 saturated carbocycles. The number of hydrogen-bond acceptors (Lipinski definition) is 2. The Hall–Kier alpha value is -0.700. The van der Waals surface area contributed by atoms with Gasteiger partial charge < -0.3 is 11.5 Å². The lowest BCUT2D eigenvalue weighted by atomic mass is 10.1. The molecule has 1 aliphatic carbocycles. The highest BCUT2D eigenvalue weighted by Crippen LogP contribution is 2.44. The summed E-state index contributed by atoms with van der Waals surface area (Å²) in [5.41, 5.74) is 14.0. The first-order valence-electron chi connectivity index (χ1n) is 4.03. The smallest absolute Gasteiger partial charge is 0.0559 e. The molecule has 4 N–H and O–H groups in total. The van der Waals surface area contributed by atoms with Crippen LogP contribution in [0.25, 0.3) is 0 Å². The molecular weight excluding hydrogens is 216 g/mol. The van der Waals surface area contributed by atoms with Gasteiger partial charge in [0.25, 0.3) is 0 Å². The molecule has 0 bridgehead atoms. The third kappa shape index (κ3) is 1.29. The van der Waals surface area contributed by atoms with Crippen molar-refractivity contribution in [3.63, 3.8) is 0 Å². The molecule has 0 atom stereocenters. The van der Waals surface area contributed by atoms with Gasteiger partial charge >= 0.3 is 0 Å². The van der Waals surface area contributed by atoms with E-state index in [2.05, 4.69) is 15.9 Å². The Balaban J connectivity index is 2.47. The van der Waals surface area contributed by atoms with Crippen LogP contribution in [0.2, 0.25) is 0 Å². The van der Waals surface area contributed by atoms with Gasteiger partial charge in [0.05, 0.1) is 11.4 Å². The van der Waals surface area contributed by atoms with Gasteiger partial charge in [0, 0.05) is 4.47 Å². The fourth-order valence-corrected chi connectivity index (χ4v) is 2.02. The van der Waals surface area contributed by atoms with Crippen LogP contribution in [0, 0.1) is 0 Å². The van der Waals surface area contributed by atoms with Gasteiger partial charge in [-0.3, -0.25) is 0 Å². The second kappa shape index (κ2) is 2.66. The van der Waals surface area contributed by atoms with Crippen LogP contribution >= 0.6 is 15.9 Å². The summed E-state index contributed by atoms with van der Waals surface area (Å²) in [5, 5.41) is 0. The van der Waals surface area contributed by atoms with E-state index in [0.717, 1.165) is 4.47 Å². The number of hydrogen-bond donors (Lipinski definition) is 2. The van der Waals surface area contributed by atoms with Crippen LogP contribution in [-0.2, 0) is 0 Å². The molecule has 0 heterocycles. The Kier molecular flexibility index (Phi) is 1.76. The summed E-state index contributed by atoms with van der Waals surface area (Å²) in [6.45, 7) is 0. The van der Waals surface area contributed by atoms with Crippen LogP contribution in [0.1, 0.15) is 24.3 Å². The molecule has 2 nitrogen and oxygen atoms in total. The fourth-order valence-electron chi connectivity index (χ4n) is 1.33. The molecule has 1 aromatic carbocycles. The maximum absolute atomic E-state index is 5.71. The molecule has 1 fully saturated rings. The molecule has 12 heavy (non-hydrogen) atoms. The molecule has 0 spiro atoms. The van der Waals surface area contributed by atoms with Crippen molar-refractivity contribution in [2.75, 3.05) is 11.5 Å². The Morgan fingerprint density at radius 1 is 1.17 bits per heavy atom. The van der Waals surface area contributed by atoms with E-state index in [1.807, 2.05) is 12.1 Å². The molecule has 0 radical (unpaired) electrons. The van der Waals surface area contributed by atoms with E-state index in [1.54, 1.807) is 0 Å². The van der Waals surface area contributed by atoms with Crippen molar-refractivity contribution in [3.8, 4) is 0 Å². The Labute approximate surface area is 80.1 Å². The molecule has 0 aliphatic heterocycles. The molecule has 0 aromatic heterocycles. The number of halogens is 1. The van der Waals surface area contributed by atoms with Crippen molar-refractivity contribution in [1.82, 2.24) is 0 Å². The molecule has 3 heteroatoms. The summed E-state index contributed by atoms with van der Waals surface area (Å²) >= 11 is 3.49. The minimum absolute atomic E-state index is 0.659. The Morgan fingerprint density at radius 2 is 1.75 bits per heavy atom. The number of rotatable bonds is 1. The first-order valence-corrected chi connectivity index (χ1v) is 4.82. The lowest BCUT2D eigenvalue weighted by molar-refractivity contribution is 1.12. The normalized spacial score (nSPS) is 16.4. The van der Waals surface area contributed by atoms with Crippen molar-refractivity contribution < 1.29 is 0 Å². The zero-order valence-corrected chi connectivity index (χ0v) is 8.26. The SMILES string of the molecule is Nc1cc(Br)c(C2CC2)cc1N. The topological polar surface area (TPSA) is 52.0 Å². The highest BCUT2D eigenvalue weighted by Gasteiger charge is 2.25. The zero-order valence-electron chi connectivity index (χ0n) is 6.68. The molecular formula is C9H11BrN2. The average molecular weight is 227 g/mol. The second-order valence-electron chi connectivity index (χ2n) is 3.28. The lowest BCUT2D eigenvalue weighted by Gasteiger charge is -2.06. The van der Waals surface area contributed by atoms with Crippen molar-refractivity contribution in [1.29, 1.82) is 0 Å². The summed E-state index contributed by atoms with van der Waals surface area (Å²) in [5.74, 6) is 0.710. The van der Waals surface area contributed by atoms with Crippen molar-refractivity contribution in [2.45, 2.75) is 18.8 Å². The molecule has 1 aromatic rings. The predicted molar refractivity (Wildman–Crippen MR) is 54.9 cm³/mol. The van der Waals surface area contributed by atoms with Gasteiger partial charge in [-0.25, -0.2) is 0 Å². The highest BCUT2D eigenvalue weighted by atomic mass is 79.9. The lowest BCUT2D eigenvalue weighted by Crippen LogP contribution is -1.96. The minimum atomic E-state index is 0.659. The first-order chi connectivity index (χ1) is 5.68. The summed E-state index contributed by atoms with van der Waals surface area (Å²) in [7, 11) is 0. The van der Waals surface area contributed by atoms with E-state index in [-0.39, 0.29) is 0 Å². The number of benzene rings is 1. The summed E-state index contributed by atoms with van der Waals surface area (Å²) < 4.78 is 1.09. The summed E-state index contributed by atoms with van der Waals surface area (Å²) in [4.78, 5) is 0. The molecule has 2 rings (SSSR count). The van der Waals surface area contributed by atoms with Gasteiger partial charge in [0.1, 0.15) is 0 Å². The van der Waals surface area contributed by atoms with Gasteiger partial charge in [-0.2, -0.15) is 0 Å². The van der Waals surface area contributed by atoms with E-state index < -0.39 is 0 Å². The maximum atomic E-state index is 5.71. The predicted octanol–water partition coefficient (Wildman–Crippen LogP) is 2.49. The van der Waals surface area contributed by atoms with E-state index in [0.29, 0.717) is 17.3 Å². The van der Waals surface area contributed by atoms with E-state index >= 15 is 0 Å². The van der Waals surface area contributed by atoms with E-state index in [1.165, 1.54) is 18.4 Å². The maximum Gasteiger partial charge on any atom is 0.0559 e. The highest BCUT2D eigenvalue weighted by molar-refractivity contribution is 9.10. The van der Waals surface area contributed by atoms with E-state index in [9.17, 15) is 0 Å². The van der Waals surface area contributed by atoms with Gasteiger partial charge in [0.2, 0.25) is 0 Å².